The Balaban J connectivity index is 1.90. The molecule has 0 radical (unpaired) electrons. The van der Waals surface area contributed by atoms with Crippen LogP contribution in [0.3, 0.4) is 0 Å². The number of rotatable bonds is 10. The standard InChI is InChI=1S/C24H30N4O3/c1-2-3-4-15-26-17-20-9-7-18(8-10-20)5-6-19-11-13-21(14-12-19)23(29)27-22(16-25)24(30)28-31/h7-14,22,26,31H,2-4,15-17,25H2,1H3,(H,27,29)(H,28,30)/t22-/m0/s1. The van der Waals surface area contributed by atoms with Gasteiger partial charge in [0.15, 0.2) is 0 Å². The normalized spacial score (nSPS) is 11.2. The summed E-state index contributed by atoms with van der Waals surface area (Å²) in [5, 5.41) is 14.6. The van der Waals surface area contributed by atoms with Gasteiger partial charge in [0.25, 0.3) is 11.8 Å². The molecule has 7 heteroatoms. The molecule has 0 aliphatic heterocycles. The molecule has 0 unspecified atom stereocenters. The molecule has 0 aliphatic carbocycles. The molecule has 2 rings (SSSR count). The van der Waals surface area contributed by atoms with E-state index in [0.29, 0.717) is 5.56 Å². The monoisotopic (exact) mass is 422 g/mol. The van der Waals surface area contributed by atoms with Crippen LogP contribution in [0.5, 0.6) is 0 Å². The number of hydroxylamine groups is 1. The second-order valence-corrected chi connectivity index (χ2v) is 7.15. The summed E-state index contributed by atoms with van der Waals surface area (Å²) in [5.74, 6) is 4.97. The Morgan fingerprint density at radius 3 is 2.16 bits per heavy atom. The predicted octanol–water partition coefficient (Wildman–Crippen LogP) is 1.93. The van der Waals surface area contributed by atoms with Gasteiger partial charge >= 0.3 is 0 Å². The molecular formula is C24H30N4O3. The number of unbranched alkanes of at least 4 members (excludes halogenated alkanes) is 2. The Morgan fingerprint density at radius 1 is 1.00 bits per heavy atom. The van der Waals surface area contributed by atoms with Gasteiger partial charge in [0.2, 0.25) is 0 Å². The average Bonchev–Trinajstić information content (AvgIpc) is 2.81. The molecule has 0 saturated carbocycles. The molecule has 31 heavy (non-hydrogen) atoms. The fraction of sp³-hybridized carbons (Fsp3) is 0.333. The maximum Gasteiger partial charge on any atom is 0.267 e. The lowest BCUT2D eigenvalue weighted by Gasteiger charge is -2.14. The molecule has 0 aliphatic rings. The smallest absolute Gasteiger partial charge is 0.267 e. The van der Waals surface area contributed by atoms with Gasteiger partial charge in [-0.1, -0.05) is 43.7 Å². The zero-order chi connectivity index (χ0) is 22.5. The van der Waals surface area contributed by atoms with Gasteiger partial charge in [0, 0.05) is 29.8 Å². The van der Waals surface area contributed by atoms with Crippen LogP contribution >= 0.6 is 0 Å². The minimum Gasteiger partial charge on any atom is -0.339 e. The number of hydrogen-bond acceptors (Lipinski definition) is 5. The van der Waals surface area contributed by atoms with Crippen LogP contribution in [-0.4, -0.2) is 36.2 Å². The highest BCUT2D eigenvalue weighted by molar-refractivity contribution is 5.97. The fourth-order valence-electron chi connectivity index (χ4n) is 2.84. The van der Waals surface area contributed by atoms with E-state index in [9.17, 15) is 9.59 Å². The molecule has 0 bridgehead atoms. The average molecular weight is 423 g/mol. The number of carbonyl (C=O) groups excluding carboxylic acids is 2. The molecule has 1 atom stereocenters. The summed E-state index contributed by atoms with van der Waals surface area (Å²) < 4.78 is 0. The van der Waals surface area contributed by atoms with Crippen molar-refractivity contribution in [3.63, 3.8) is 0 Å². The highest BCUT2D eigenvalue weighted by Gasteiger charge is 2.19. The summed E-state index contributed by atoms with van der Waals surface area (Å²) >= 11 is 0. The zero-order valence-corrected chi connectivity index (χ0v) is 17.8. The number of nitrogens with two attached hydrogens (primary N) is 1. The van der Waals surface area contributed by atoms with Gasteiger partial charge in [-0.15, -0.1) is 0 Å². The van der Waals surface area contributed by atoms with Gasteiger partial charge in [0.1, 0.15) is 6.04 Å². The van der Waals surface area contributed by atoms with E-state index in [2.05, 4.69) is 41.5 Å². The SMILES string of the molecule is CCCCCNCc1ccc(C#Cc2ccc(C(=O)N[C@@H](CN)C(=O)NO)cc2)cc1. The minimum atomic E-state index is -1.01. The van der Waals surface area contributed by atoms with E-state index in [0.717, 1.165) is 24.2 Å². The molecular weight excluding hydrogens is 392 g/mol. The summed E-state index contributed by atoms with van der Waals surface area (Å²) in [4.78, 5) is 23.6. The van der Waals surface area contributed by atoms with E-state index in [1.807, 2.05) is 12.1 Å². The fourth-order valence-corrected chi connectivity index (χ4v) is 2.84. The molecule has 0 fully saturated rings. The van der Waals surface area contributed by atoms with Gasteiger partial charge in [-0.2, -0.15) is 0 Å². The summed E-state index contributed by atoms with van der Waals surface area (Å²) in [6.07, 6.45) is 3.68. The molecule has 6 N–H and O–H groups in total. The van der Waals surface area contributed by atoms with E-state index in [4.69, 9.17) is 10.9 Å². The van der Waals surface area contributed by atoms with Gasteiger partial charge in [0.05, 0.1) is 0 Å². The number of nitrogens with one attached hydrogen (secondary N) is 3. The van der Waals surface area contributed by atoms with E-state index < -0.39 is 17.9 Å². The van der Waals surface area contributed by atoms with Crippen molar-refractivity contribution >= 4 is 11.8 Å². The molecule has 2 amide bonds. The predicted molar refractivity (Wildman–Crippen MR) is 120 cm³/mol. The molecule has 0 saturated heterocycles. The first-order valence-corrected chi connectivity index (χ1v) is 10.4. The van der Waals surface area contributed by atoms with Crippen molar-refractivity contribution in [1.82, 2.24) is 16.1 Å². The van der Waals surface area contributed by atoms with Crippen LogP contribution in [0.1, 0.15) is 53.2 Å². The quantitative estimate of drug-likeness (QED) is 0.174. The van der Waals surface area contributed by atoms with Gasteiger partial charge in [-0.05, 0) is 54.9 Å². The van der Waals surface area contributed by atoms with E-state index in [-0.39, 0.29) is 6.54 Å². The van der Waals surface area contributed by atoms with Crippen molar-refractivity contribution in [3.05, 3.63) is 70.8 Å². The van der Waals surface area contributed by atoms with Crippen LogP contribution < -0.4 is 21.8 Å². The van der Waals surface area contributed by atoms with Crippen molar-refractivity contribution in [2.75, 3.05) is 13.1 Å². The van der Waals surface area contributed by atoms with Crippen LogP contribution in [0.4, 0.5) is 0 Å². The molecule has 2 aromatic rings. The second kappa shape index (κ2) is 13.2. The summed E-state index contributed by atoms with van der Waals surface area (Å²) in [6, 6.07) is 13.8. The largest absolute Gasteiger partial charge is 0.339 e. The van der Waals surface area contributed by atoms with Crippen LogP contribution in [0.15, 0.2) is 48.5 Å². The minimum absolute atomic E-state index is 0.130. The number of benzene rings is 2. The first-order valence-electron chi connectivity index (χ1n) is 10.4. The van der Waals surface area contributed by atoms with Gasteiger partial charge in [-0.25, -0.2) is 5.48 Å². The molecule has 0 aromatic heterocycles. The maximum atomic E-state index is 12.2. The van der Waals surface area contributed by atoms with Gasteiger partial charge in [-0.3, -0.25) is 14.8 Å². The Kier molecular flexibility index (Phi) is 10.3. The van der Waals surface area contributed by atoms with Crippen molar-refractivity contribution in [2.24, 2.45) is 5.73 Å². The van der Waals surface area contributed by atoms with E-state index >= 15 is 0 Å². The lowest BCUT2D eigenvalue weighted by Crippen LogP contribution is -2.50. The van der Waals surface area contributed by atoms with Gasteiger partial charge < -0.3 is 16.4 Å². The zero-order valence-electron chi connectivity index (χ0n) is 17.8. The first kappa shape index (κ1) is 24.1. The second-order valence-electron chi connectivity index (χ2n) is 7.15. The summed E-state index contributed by atoms with van der Waals surface area (Å²) in [5.41, 5.74) is 10.2. The third kappa shape index (κ3) is 8.22. The summed E-state index contributed by atoms with van der Waals surface area (Å²) in [6.45, 7) is 3.96. The van der Waals surface area contributed by atoms with E-state index in [1.165, 1.54) is 30.3 Å². The topological polar surface area (TPSA) is 116 Å². The Hall–Kier alpha value is -3.18. The Morgan fingerprint density at radius 2 is 1.61 bits per heavy atom. The molecule has 0 heterocycles. The molecule has 2 aromatic carbocycles. The summed E-state index contributed by atoms with van der Waals surface area (Å²) in [7, 11) is 0. The van der Waals surface area contributed by atoms with Crippen molar-refractivity contribution in [2.45, 2.75) is 38.8 Å². The van der Waals surface area contributed by atoms with Crippen molar-refractivity contribution in [1.29, 1.82) is 0 Å². The number of hydrogen-bond donors (Lipinski definition) is 5. The third-order valence-electron chi connectivity index (χ3n) is 4.71. The van der Waals surface area contributed by atoms with Crippen LogP contribution in [-0.2, 0) is 11.3 Å². The molecule has 7 nitrogen and oxygen atoms in total. The number of amides is 2. The Labute approximate surface area is 183 Å². The van der Waals surface area contributed by atoms with Crippen molar-refractivity contribution in [3.8, 4) is 11.8 Å². The third-order valence-corrected chi connectivity index (χ3v) is 4.71. The van der Waals surface area contributed by atoms with E-state index in [1.54, 1.807) is 24.3 Å². The molecule has 0 spiro atoms. The lowest BCUT2D eigenvalue weighted by atomic mass is 10.1. The number of carbonyl (C=O) groups is 2. The van der Waals surface area contributed by atoms with Crippen molar-refractivity contribution < 1.29 is 14.8 Å². The Bertz CT molecular complexity index is 899. The highest BCUT2D eigenvalue weighted by atomic mass is 16.5. The lowest BCUT2D eigenvalue weighted by molar-refractivity contribution is -0.130. The maximum absolute atomic E-state index is 12.2. The van der Waals surface area contributed by atoms with Crippen LogP contribution in [0, 0.1) is 11.8 Å². The highest BCUT2D eigenvalue weighted by Crippen LogP contribution is 2.06. The van der Waals surface area contributed by atoms with Crippen LogP contribution in [0.25, 0.3) is 0 Å². The van der Waals surface area contributed by atoms with Crippen LogP contribution in [0.2, 0.25) is 0 Å². The first-order chi connectivity index (χ1) is 15.1. The molecule has 164 valence electrons.